The smallest absolute Gasteiger partial charge is 0.142 e. The van der Waals surface area contributed by atoms with E-state index in [4.69, 9.17) is 4.74 Å². The number of hydrogen-bond acceptors (Lipinski definition) is 2. The second-order valence-electron chi connectivity index (χ2n) is 2.28. The van der Waals surface area contributed by atoms with E-state index in [-0.39, 0.29) is 0 Å². The highest BCUT2D eigenvalue weighted by Gasteiger charge is 1.83. The third-order valence-electron chi connectivity index (χ3n) is 1.33. The first-order valence-corrected chi connectivity index (χ1v) is 3.92. The summed E-state index contributed by atoms with van der Waals surface area (Å²) in [6.45, 7) is 0. The number of rotatable bonds is 4. The Labute approximate surface area is 77.2 Å². The van der Waals surface area contributed by atoms with Crippen LogP contribution >= 0.6 is 0 Å². The second-order valence-corrected chi connectivity index (χ2v) is 2.28. The second kappa shape index (κ2) is 5.77. The zero-order valence-corrected chi connectivity index (χ0v) is 7.09. The molecule has 0 aliphatic carbocycles. The van der Waals surface area contributed by atoms with Gasteiger partial charge in [0.05, 0.1) is 6.26 Å². The summed E-state index contributed by atoms with van der Waals surface area (Å²) in [7, 11) is 0. The number of carbonyl (C=O) groups is 1. The van der Waals surface area contributed by atoms with Crippen molar-refractivity contribution in [3.8, 4) is 5.75 Å². The van der Waals surface area contributed by atoms with E-state index in [1.165, 1.54) is 12.3 Å². The number of para-hydroxylation sites is 1. The number of hydrogen-bond donors (Lipinski definition) is 0. The highest BCUT2D eigenvalue weighted by Crippen LogP contribution is 2.07. The molecule has 1 aromatic rings. The molecule has 0 aliphatic rings. The van der Waals surface area contributed by atoms with Gasteiger partial charge in [-0.3, -0.25) is 4.79 Å². The van der Waals surface area contributed by atoms with Crippen LogP contribution in [-0.4, -0.2) is 6.29 Å². The van der Waals surface area contributed by atoms with E-state index < -0.39 is 0 Å². The number of allylic oxidation sites excluding steroid dienone is 3. The summed E-state index contributed by atoms with van der Waals surface area (Å²) in [4.78, 5) is 9.88. The lowest BCUT2D eigenvalue weighted by Crippen LogP contribution is -1.79. The van der Waals surface area contributed by atoms with Gasteiger partial charge < -0.3 is 4.74 Å². The van der Waals surface area contributed by atoms with E-state index in [0.29, 0.717) is 6.29 Å². The van der Waals surface area contributed by atoms with Gasteiger partial charge in [-0.2, -0.15) is 0 Å². The van der Waals surface area contributed by atoms with Crippen LogP contribution in [0.3, 0.4) is 0 Å². The number of aldehydes is 1. The Morgan fingerprint density at radius 3 is 2.46 bits per heavy atom. The minimum atomic E-state index is 0.715. The standard InChI is InChI=1S/C11H10O2/c12-9-5-2-6-10-13-11-7-3-1-4-8-11/h1-10H/b5-2+,10-6+. The molecule has 0 spiro atoms. The van der Waals surface area contributed by atoms with Crippen molar-refractivity contribution in [3.63, 3.8) is 0 Å². The summed E-state index contributed by atoms with van der Waals surface area (Å²) >= 11 is 0. The summed E-state index contributed by atoms with van der Waals surface area (Å²) in [5, 5.41) is 0. The van der Waals surface area contributed by atoms with Crippen LogP contribution in [0.2, 0.25) is 0 Å². The molecule has 2 heteroatoms. The predicted octanol–water partition coefficient (Wildman–Crippen LogP) is 2.33. The first-order valence-electron chi connectivity index (χ1n) is 3.92. The Balaban J connectivity index is 2.39. The monoisotopic (exact) mass is 174 g/mol. The molecular formula is C11H10O2. The highest BCUT2D eigenvalue weighted by molar-refractivity contribution is 5.65. The third kappa shape index (κ3) is 3.91. The van der Waals surface area contributed by atoms with E-state index >= 15 is 0 Å². The molecule has 0 bridgehead atoms. The normalized spacial score (nSPS) is 10.8. The van der Waals surface area contributed by atoms with Gasteiger partial charge in [0.2, 0.25) is 0 Å². The van der Waals surface area contributed by atoms with Crippen molar-refractivity contribution in [1.29, 1.82) is 0 Å². The molecule has 0 fully saturated rings. The Kier molecular flexibility index (Phi) is 4.11. The maximum absolute atomic E-state index is 9.88. The largest absolute Gasteiger partial charge is 0.465 e. The molecule has 1 aromatic carbocycles. The lowest BCUT2D eigenvalue weighted by Gasteiger charge is -1.96. The Bertz CT molecular complexity index is 299. The topological polar surface area (TPSA) is 26.3 Å². The lowest BCUT2D eigenvalue weighted by molar-refractivity contribution is -0.104. The fourth-order valence-corrected chi connectivity index (χ4v) is 0.772. The van der Waals surface area contributed by atoms with Crippen LogP contribution in [0.4, 0.5) is 0 Å². The van der Waals surface area contributed by atoms with Gasteiger partial charge in [-0.15, -0.1) is 0 Å². The molecule has 66 valence electrons. The summed E-state index contributed by atoms with van der Waals surface area (Å²) in [6.07, 6.45) is 6.89. The molecule has 0 N–H and O–H groups in total. The van der Waals surface area contributed by atoms with Gasteiger partial charge in [0.25, 0.3) is 0 Å². The molecule has 0 amide bonds. The third-order valence-corrected chi connectivity index (χ3v) is 1.33. The maximum atomic E-state index is 9.88. The van der Waals surface area contributed by atoms with Crippen molar-refractivity contribution in [3.05, 3.63) is 54.8 Å². The Morgan fingerprint density at radius 2 is 1.77 bits per heavy atom. The molecule has 0 radical (unpaired) electrons. The van der Waals surface area contributed by atoms with Gasteiger partial charge in [0.15, 0.2) is 0 Å². The van der Waals surface area contributed by atoms with E-state index in [0.717, 1.165) is 5.75 Å². The fraction of sp³-hybridized carbons (Fsp3) is 0. The first kappa shape index (κ1) is 9.26. The number of ether oxygens (including phenoxy) is 1. The van der Waals surface area contributed by atoms with Gasteiger partial charge in [-0.25, -0.2) is 0 Å². The zero-order chi connectivity index (χ0) is 9.36. The van der Waals surface area contributed by atoms with Crippen LogP contribution in [0.1, 0.15) is 0 Å². The van der Waals surface area contributed by atoms with Crippen LogP contribution in [0.5, 0.6) is 5.75 Å². The van der Waals surface area contributed by atoms with Gasteiger partial charge in [-0.1, -0.05) is 24.3 Å². The van der Waals surface area contributed by atoms with Gasteiger partial charge in [0, 0.05) is 0 Å². The van der Waals surface area contributed by atoms with E-state index in [9.17, 15) is 4.79 Å². The van der Waals surface area contributed by atoms with Crippen LogP contribution in [-0.2, 0) is 4.79 Å². The Morgan fingerprint density at radius 1 is 1.00 bits per heavy atom. The molecule has 0 heterocycles. The predicted molar refractivity (Wildman–Crippen MR) is 51.4 cm³/mol. The summed E-state index contributed by atoms with van der Waals surface area (Å²) < 4.78 is 5.20. The minimum Gasteiger partial charge on any atom is -0.465 e. The molecular weight excluding hydrogens is 164 g/mol. The maximum Gasteiger partial charge on any atom is 0.142 e. The average Bonchev–Trinajstić information content (AvgIpc) is 2.19. The SMILES string of the molecule is O=C/C=C/C=C/Oc1ccccc1. The van der Waals surface area contributed by atoms with Crippen molar-refractivity contribution in [2.24, 2.45) is 0 Å². The first-order chi connectivity index (χ1) is 6.43. The summed E-state index contributed by atoms with van der Waals surface area (Å²) in [5.41, 5.74) is 0. The molecule has 1 rings (SSSR count). The molecule has 0 aliphatic heterocycles. The van der Waals surface area contributed by atoms with Crippen LogP contribution in [0.25, 0.3) is 0 Å². The molecule has 0 unspecified atom stereocenters. The van der Waals surface area contributed by atoms with Gasteiger partial charge in [-0.05, 0) is 24.3 Å². The summed E-state index contributed by atoms with van der Waals surface area (Å²) in [6, 6.07) is 9.42. The molecule has 0 saturated carbocycles. The minimum absolute atomic E-state index is 0.715. The van der Waals surface area contributed by atoms with Crippen molar-refractivity contribution in [2.75, 3.05) is 0 Å². The molecule has 0 saturated heterocycles. The average molecular weight is 174 g/mol. The molecule has 0 aromatic heterocycles. The van der Waals surface area contributed by atoms with Crippen molar-refractivity contribution >= 4 is 6.29 Å². The fourth-order valence-electron chi connectivity index (χ4n) is 0.772. The number of carbonyl (C=O) groups excluding carboxylic acids is 1. The van der Waals surface area contributed by atoms with Crippen LogP contribution in [0.15, 0.2) is 54.8 Å². The van der Waals surface area contributed by atoms with E-state index in [2.05, 4.69) is 0 Å². The van der Waals surface area contributed by atoms with Crippen molar-refractivity contribution < 1.29 is 9.53 Å². The zero-order valence-electron chi connectivity index (χ0n) is 7.09. The van der Waals surface area contributed by atoms with Crippen molar-refractivity contribution in [1.82, 2.24) is 0 Å². The van der Waals surface area contributed by atoms with Crippen molar-refractivity contribution in [2.45, 2.75) is 0 Å². The van der Waals surface area contributed by atoms with Gasteiger partial charge >= 0.3 is 0 Å². The molecule has 13 heavy (non-hydrogen) atoms. The van der Waals surface area contributed by atoms with E-state index in [1.807, 2.05) is 30.3 Å². The lowest BCUT2D eigenvalue weighted by atomic mass is 10.3. The molecule has 0 atom stereocenters. The van der Waals surface area contributed by atoms with Crippen LogP contribution < -0.4 is 4.74 Å². The Hall–Kier alpha value is -1.83. The van der Waals surface area contributed by atoms with Gasteiger partial charge in [0.1, 0.15) is 12.0 Å². The number of benzene rings is 1. The van der Waals surface area contributed by atoms with E-state index in [1.54, 1.807) is 12.2 Å². The highest BCUT2D eigenvalue weighted by atomic mass is 16.5. The van der Waals surface area contributed by atoms with Crippen LogP contribution in [0, 0.1) is 0 Å². The quantitative estimate of drug-likeness (QED) is 0.303. The molecule has 2 nitrogen and oxygen atoms in total. The summed E-state index contributed by atoms with van der Waals surface area (Å²) in [5.74, 6) is 0.776.